The molecule has 0 amide bonds. The minimum atomic E-state index is -3.77. The smallest absolute Gasteiger partial charge is 0.241 e. The summed E-state index contributed by atoms with van der Waals surface area (Å²) >= 11 is 0. The quantitative estimate of drug-likeness (QED) is 0.543. The largest absolute Gasteiger partial charge is 0.378 e. The molecule has 0 unspecified atom stereocenters. The third-order valence-electron chi connectivity index (χ3n) is 5.54. The third-order valence-corrected chi connectivity index (χ3v) is 6.99. The molecule has 0 spiro atoms. The third kappa shape index (κ3) is 5.48. The number of benzene rings is 3. The highest BCUT2D eigenvalue weighted by Crippen LogP contribution is 2.31. The first-order chi connectivity index (χ1) is 15.1. The molecule has 0 aliphatic carbocycles. The number of nitrogens with zero attached hydrogens (tertiary/aromatic N) is 2. The van der Waals surface area contributed by atoms with Crippen LogP contribution in [-0.2, 0) is 10.0 Å². The van der Waals surface area contributed by atoms with Crippen molar-refractivity contribution in [1.29, 1.82) is 0 Å². The minimum absolute atomic E-state index is 0.216. The summed E-state index contributed by atoms with van der Waals surface area (Å²) in [7, 11) is 4.10. The molecule has 32 heavy (non-hydrogen) atoms. The van der Waals surface area contributed by atoms with Gasteiger partial charge in [0.1, 0.15) is 0 Å². The van der Waals surface area contributed by atoms with Crippen molar-refractivity contribution in [2.75, 3.05) is 38.0 Å². The average molecular weight is 453 g/mol. The lowest BCUT2D eigenvalue weighted by molar-refractivity contribution is 0.504. The van der Waals surface area contributed by atoms with Gasteiger partial charge in [0, 0.05) is 39.6 Å². The highest BCUT2D eigenvalue weighted by atomic mass is 32.2. The second-order valence-corrected chi connectivity index (χ2v) is 10.1. The number of hydrogen-bond acceptors (Lipinski definition) is 5. The Morgan fingerprint density at radius 2 is 1.16 bits per heavy atom. The second kappa shape index (κ2) is 9.73. The molecular formula is C25H32N4O2S. The van der Waals surface area contributed by atoms with Crippen LogP contribution in [0.15, 0.2) is 77.7 Å². The van der Waals surface area contributed by atoms with E-state index in [0.717, 1.165) is 28.1 Å². The molecule has 7 heteroatoms. The Morgan fingerprint density at radius 1 is 0.719 bits per heavy atom. The summed E-state index contributed by atoms with van der Waals surface area (Å²) in [4.78, 5) is 4.22. The normalized spacial score (nSPS) is 13.4. The van der Waals surface area contributed by atoms with Crippen LogP contribution in [0, 0.1) is 6.92 Å². The SMILES string of the molecule is Cc1ccc(S(=O)(=O)N[C@@H](c2ccc(N(C)C)cc2)[C@@H](N)c2ccc(N(C)C)cc2)cc1. The topological polar surface area (TPSA) is 78.7 Å². The Balaban J connectivity index is 1.99. The van der Waals surface area contributed by atoms with Gasteiger partial charge in [0.2, 0.25) is 10.0 Å². The van der Waals surface area contributed by atoms with Crippen LogP contribution in [0.3, 0.4) is 0 Å². The fraction of sp³-hybridized carbons (Fsp3) is 0.280. The van der Waals surface area contributed by atoms with Gasteiger partial charge in [-0.15, -0.1) is 0 Å². The van der Waals surface area contributed by atoms with E-state index >= 15 is 0 Å². The lowest BCUT2D eigenvalue weighted by atomic mass is 9.94. The molecule has 0 fully saturated rings. The van der Waals surface area contributed by atoms with Crippen LogP contribution in [-0.4, -0.2) is 36.6 Å². The van der Waals surface area contributed by atoms with E-state index in [4.69, 9.17) is 5.73 Å². The highest BCUT2D eigenvalue weighted by Gasteiger charge is 2.27. The molecular weight excluding hydrogens is 420 g/mol. The first-order valence-corrected chi connectivity index (χ1v) is 12.0. The van der Waals surface area contributed by atoms with E-state index in [1.165, 1.54) is 0 Å². The van der Waals surface area contributed by atoms with Gasteiger partial charge in [0.15, 0.2) is 0 Å². The van der Waals surface area contributed by atoms with E-state index in [1.54, 1.807) is 24.3 Å². The Morgan fingerprint density at radius 3 is 1.59 bits per heavy atom. The lowest BCUT2D eigenvalue weighted by Crippen LogP contribution is -2.36. The average Bonchev–Trinajstić information content (AvgIpc) is 2.77. The summed E-state index contributed by atoms with van der Waals surface area (Å²) in [6, 6.07) is 21.2. The van der Waals surface area contributed by atoms with E-state index in [-0.39, 0.29) is 4.90 Å². The van der Waals surface area contributed by atoms with Crippen molar-refractivity contribution >= 4 is 21.4 Å². The van der Waals surface area contributed by atoms with Gasteiger partial charge in [-0.1, -0.05) is 42.0 Å². The summed E-state index contributed by atoms with van der Waals surface area (Å²) < 4.78 is 29.3. The molecule has 0 heterocycles. The molecule has 170 valence electrons. The molecule has 0 aliphatic heterocycles. The molecule has 0 radical (unpaired) electrons. The molecule has 3 rings (SSSR count). The zero-order chi connectivity index (χ0) is 23.5. The lowest BCUT2D eigenvalue weighted by Gasteiger charge is -2.27. The van der Waals surface area contributed by atoms with E-state index in [9.17, 15) is 8.42 Å². The molecule has 0 aliphatic rings. The first kappa shape index (κ1) is 23.8. The Kier molecular flexibility index (Phi) is 7.23. The van der Waals surface area contributed by atoms with E-state index in [0.29, 0.717) is 0 Å². The molecule has 0 bridgehead atoms. The summed E-state index contributed by atoms with van der Waals surface area (Å²) in [5.74, 6) is 0. The van der Waals surface area contributed by atoms with Crippen LogP contribution in [0.4, 0.5) is 11.4 Å². The molecule has 0 saturated heterocycles. The number of anilines is 2. The van der Waals surface area contributed by atoms with Crippen LogP contribution in [0.25, 0.3) is 0 Å². The summed E-state index contributed by atoms with van der Waals surface area (Å²) in [6.45, 7) is 1.92. The van der Waals surface area contributed by atoms with Crippen molar-refractivity contribution in [1.82, 2.24) is 4.72 Å². The van der Waals surface area contributed by atoms with Crippen LogP contribution < -0.4 is 20.3 Å². The zero-order valence-corrected chi connectivity index (χ0v) is 20.1. The zero-order valence-electron chi connectivity index (χ0n) is 19.3. The van der Waals surface area contributed by atoms with Crippen LogP contribution in [0.2, 0.25) is 0 Å². The molecule has 2 atom stereocenters. The Hall–Kier alpha value is -2.87. The minimum Gasteiger partial charge on any atom is -0.378 e. The van der Waals surface area contributed by atoms with E-state index in [1.807, 2.05) is 93.4 Å². The fourth-order valence-electron chi connectivity index (χ4n) is 3.47. The van der Waals surface area contributed by atoms with Crippen molar-refractivity contribution in [3.05, 3.63) is 89.5 Å². The van der Waals surface area contributed by atoms with Crippen molar-refractivity contribution in [3.8, 4) is 0 Å². The van der Waals surface area contributed by atoms with Gasteiger partial charge in [0.05, 0.1) is 17.0 Å². The van der Waals surface area contributed by atoms with Gasteiger partial charge < -0.3 is 15.5 Å². The van der Waals surface area contributed by atoms with Crippen LogP contribution in [0.1, 0.15) is 28.8 Å². The van der Waals surface area contributed by atoms with Gasteiger partial charge in [0.25, 0.3) is 0 Å². The monoisotopic (exact) mass is 452 g/mol. The number of nitrogens with one attached hydrogen (secondary N) is 1. The summed E-state index contributed by atoms with van der Waals surface area (Å²) in [5.41, 5.74) is 11.4. The maximum atomic E-state index is 13.2. The van der Waals surface area contributed by atoms with Gasteiger partial charge >= 0.3 is 0 Å². The Bertz CT molecular complexity index is 1120. The molecule has 6 nitrogen and oxygen atoms in total. The maximum Gasteiger partial charge on any atom is 0.241 e. The van der Waals surface area contributed by atoms with Gasteiger partial charge in [-0.25, -0.2) is 13.1 Å². The number of aryl methyl sites for hydroxylation is 1. The van der Waals surface area contributed by atoms with Crippen molar-refractivity contribution in [3.63, 3.8) is 0 Å². The van der Waals surface area contributed by atoms with Gasteiger partial charge in [-0.2, -0.15) is 0 Å². The van der Waals surface area contributed by atoms with Crippen LogP contribution in [0.5, 0.6) is 0 Å². The van der Waals surface area contributed by atoms with E-state index in [2.05, 4.69) is 4.72 Å². The van der Waals surface area contributed by atoms with Gasteiger partial charge in [-0.3, -0.25) is 0 Å². The van der Waals surface area contributed by atoms with Gasteiger partial charge in [-0.05, 0) is 54.4 Å². The molecule has 0 aromatic heterocycles. The predicted octanol–water partition coefficient (Wildman–Crippen LogP) is 3.85. The predicted molar refractivity (Wildman–Crippen MR) is 133 cm³/mol. The number of sulfonamides is 1. The number of rotatable bonds is 8. The number of nitrogens with two attached hydrogens (primary N) is 1. The van der Waals surface area contributed by atoms with Crippen LogP contribution >= 0.6 is 0 Å². The van der Waals surface area contributed by atoms with Crippen molar-refractivity contribution in [2.45, 2.75) is 23.9 Å². The molecule has 3 N–H and O–H groups in total. The molecule has 0 saturated carbocycles. The first-order valence-electron chi connectivity index (χ1n) is 10.5. The Labute approximate surface area is 191 Å². The second-order valence-electron chi connectivity index (χ2n) is 8.41. The molecule has 3 aromatic rings. The molecule has 3 aromatic carbocycles. The fourth-order valence-corrected chi connectivity index (χ4v) is 4.72. The van der Waals surface area contributed by atoms with Crippen molar-refractivity contribution in [2.24, 2.45) is 5.73 Å². The summed E-state index contributed by atoms with van der Waals surface area (Å²) in [5, 5.41) is 0. The maximum absolute atomic E-state index is 13.2. The standard InChI is InChI=1S/C25H32N4O2S/c1-18-6-16-23(17-7-18)32(30,31)27-25(20-10-14-22(15-11-20)29(4)5)24(26)19-8-12-21(13-9-19)28(2)3/h6-17,24-25,27H,26H2,1-5H3/t24-,25-/m0/s1. The number of hydrogen-bond donors (Lipinski definition) is 2. The highest BCUT2D eigenvalue weighted by molar-refractivity contribution is 7.89. The van der Waals surface area contributed by atoms with Crippen molar-refractivity contribution < 1.29 is 8.42 Å². The summed E-state index contributed by atoms with van der Waals surface area (Å²) in [6.07, 6.45) is 0. The van der Waals surface area contributed by atoms with E-state index < -0.39 is 22.1 Å².